The summed E-state index contributed by atoms with van der Waals surface area (Å²) in [7, 11) is 1.31. The molecule has 0 saturated carbocycles. The molecule has 1 amide bonds. The van der Waals surface area contributed by atoms with Gasteiger partial charge < -0.3 is 9.47 Å². The minimum Gasteiger partial charge on any atom is -0.486 e. The summed E-state index contributed by atoms with van der Waals surface area (Å²) in [4.78, 5) is 15.1. The molecule has 7 heteroatoms. The van der Waals surface area contributed by atoms with Crippen molar-refractivity contribution in [2.75, 3.05) is 12.4 Å². The standard InChI is InChI=1S/C12H11ClN2O3S/c1-17-12(16)15-8-2-4-9(5-3-8)18-7-11-14-6-10(13)19-11/h2-6H,7H2,1H3,(H,15,16). The van der Waals surface area contributed by atoms with E-state index in [4.69, 9.17) is 16.3 Å². The molecule has 0 bridgehead atoms. The van der Waals surface area contributed by atoms with E-state index in [0.29, 0.717) is 22.4 Å². The Labute approximate surface area is 119 Å². The van der Waals surface area contributed by atoms with Crippen LogP contribution in [0.25, 0.3) is 0 Å². The van der Waals surface area contributed by atoms with Gasteiger partial charge in [-0.3, -0.25) is 5.32 Å². The number of rotatable bonds is 4. The number of hydrogen-bond donors (Lipinski definition) is 1. The van der Waals surface area contributed by atoms with Crippen LogP contribution < -0.4 is 10.1 Å². The molecule has 1 aromatic heterocycles. The van der Waals surface area contributed by atoms with Gasteiger partial charge in [0.25, 0.3) is 0 Å². The Morgan fingerprint density at radius 3 is 2.74 bits per heavy atom. The van der Waals surface area contributed by atoms with Crippen LogP contribution in [0.5, 0.6) is 5.75 Å². The highest BCUT2D eigenvalue weighted by atomic mass is 35.5. The molecule has 0 atom stereocenters. The van der Waals surface area contributed by atoms with Gasteiger partial charge in [-0.05, 0) is 24.3 Å². The van der Waals surface area contributed by atoms with E-state index in [9.17, 15) is 4.79 Å². The van der Waals surface area contributed by atoms with E-state index >= 15 is 0 Å². The van der Waals surface area contributed by atoms with E-state index in [1.807, 2.05) is 0 Å². The largest absolute Gasteiger partial charge is 0.486 e. The fourth-order valence-corrected chi connectivity index (χ4v) is 2.17. The molecule has 0 aliphatic carbocycles. The summed E-state index contributed by atoms with van der Waals surface area (Å²) < 4.78 is 10.7. The zero-order valence-electron chi connectivity index (χ0n) is 10.1. The van der Waals surface area contributed by atoms with Crippen molar-refractivity contribution < 1.29 is 14.3 Å². The second-order valence-electron chi connectivity index (χ2n) is 3.49. The van der Waals surface area contributed by atoms with Crippen molar-refractivity contribution in [1.82, 2.24) is 4.98 Å². The molecular formula is C12H11ClN2O3S. The Bertz CT molecular complexity index is 556. The minimum absolute atomic E-state index is 0.362. The van der Waals surface area contributed by atoms with Crippen LogP contribution in [-0.2, 0) is 11.3 Å². The number of methoxy groups -OCH3 is 1. The first-order chi connectivity index (χ1) is 9.17. The van der Waals surface area contributed by atoms with Crippen LogP contribution in [-0.4, -0.2) is 18.2 Å². The number of aromatic nitrogens is 1. The highest BCUT2D eigenvalue weighted by Crippen LogP contribution is 2.21. The molecule has 0 spiro atoms. The minimum atomic E-state index is -0.508. The lowest BCUT2D eigenvalue weighted by molar-refractivity contribution is 0.187. The lowest BCUT2D eigenvalue weighted by Crippen LogP contribution is -2.10. The summed E-state index contributed by atoms with van der Waals surface area (Å²) in [5.41, 5.74) is 0.636. The third kappa shape index (κ3) is 4.11. The Morgan fingerprint density at radius 2 is 2.16 bits per heavy atom. The van der Waals surface area contributed by atoms with Crippen molar-refractivity contribution in [3.63, 3.8) is 0 Å². The second kappa shape index (κ2) is 6.40. The van der Waals surface area contributed by atoms with Crippen molar-refractivity contribution in [3.8, 4) is 5.75 Å². The maximum Gasteiger partial charge on any atom is 0.411 e. The molecule has 0 unspecified atom stereocenters. The molecule has 2 rings (SSSR count). The topological polar surface area (TPSA) is 60.5 Å². The van der Waals surface area contributed by atoms with E-state index < -0.39 is 6.09 Å². The molecule has 0 radical (unpaired) electrons. The highest BCUT2D eigenvalue weighted by Gasteiger charge is 2.03. The Hall–Kier alpha value is -1.79. The molecule has 0 fully saturated rings. The number of amides is 1. The molecule has 0 aliphatic rings. The van der Waals surface area contributed by atoms with E-state index in [-0.39, 0.29) is 0 Å². The van der Waals surface area contributed by atoms with Crippen LogP contribution in [0.3, 0.4) is 0 Å². The van der Waals surface area contributed by atoms with Gasteiger partial charge in [-0.25, -0.2) is 9.78 Å². The lowest BCUT2D eigenvalue weighted by atomic mass is 10.3. The molecule has 1 heterocycles. The molecule has 5 nitrogen and oxygen atoms in total. The zero-order valence-corrected chi connectivity index (χ0v) is 11.6. The van der Waals surface area contributed by atoms with Crippen molar-refractivity contribution >= 4 is 34.7 Å². The summed E-state index contributed by atoms with van der Waals surface area (Å²) in [6.45, 7) is 0.362. The molecule has 0 saturated heterocycles. The maximum absolute atomic E-state index is 11.0. The molecule has 0 aliphatic heterocycles. The van der Waals surface area contributed by atoms with Crippen molar-refractivity contribution in [2.45, 2.75) is 6.61 Å². The zero-order chi connectivity index (χ0) is 13.7. The summed E-state index contributed by atoms with van der Waals surface area (Å²) in [5.74, 6) is 0.682. The average molecular weight is 299 g/mol. The summed E-state index contributed by atoms with van der Waals surface area (Å²) >= 11 is 7.15. The van der Waals surface area contributed by atoms with Gasteiger partial charge in [-0.15, -0.1) is 11.3 Å². The van der Waals surface area contributed by atoms with Gasteiger partial charge in [0.05, 0.1) is 13.3 Å². The third-order valence-electron chi connectivity index (χ3n) is 2.17. The third-order valence-corrected chi connectivity index (χ3v) is 3.26. The summed E-state index contributed by atoms with van der Waals surface area (Å²) in [5, 5.41) is 3.36. The van der Waals surface area contributed by atoms with Gasteiger partial charge in [0.2, 0.25) is 0 Å². The second-order valence-corrected chi connectivity index (χ2v) is 5.23. The number of halogens is 1. The average Bonchev–Trinajstić information content (AvgIpc) is 2.83. The molecule has 2 aromatic rings. The van der Waals surface area contributed by atoms with E-state index in [1.165, 1.54) is 18.4 Å². The number of nitrogens with zero attached hydrogens (tertiary/aromatic N) is 1. The number of nitrogens with one attached hydrogen (secondary N) is 1. The normalized spacial score (nSPS) is 10.0. The van der Waals surface area contributed by atoms with Gasteiger partial charge in [-0.1, -0.05) is 11.6 Å². The van der Waals surface area contributed by atoms with Crippen LogP contribution in [0.1, 0.15) is 5.01 Å². The number of hydrogen-bond acceptors (Lipinski definition) is 5. The molecule has 1 aromatic carbocycles. The first kappa shape index (κ1) is 13.6. The smallest absolute Gasteiger partial charge is 0.411 e. The molecule has 1 N–H and O–H groups in total. The number of carbonyl (C=O) groups excluding carboxylic acids is 1. The van der Waals surface area contributed by atoms with E-state index in [2.05, 4.69) is 15.0 Å². The van der Waals surface area contributed by atoms with Crippen molar-refractivity contribution in [1.29, 1.82) is 0 Å². The number of thiazole rings is 1. The number of ether oxygens (including phenoxy) is 2. The highest BCUT2D eigenvalue weighted by molar-refractivity contribution is 7.15. The van der Waals surface area contributed by atoms with Crippen molar-refractivity contribution in [3.05, 3.63) is 39.8 Å². The van der Waals surface area contributed by atoms with Gasteiger partial charge in [0, 0.05) is 5.69 Å². The predicted molar refractivity (Wildman–Crippen MR) is 73.9 cm³/mol. The Morgan fingerprint density at radius 1 is 1.42 bits per heavy atom. The van der Waals surface area contributed by atoms with Crippen molar-refractivity contribution in [2.24, 2.45) is 0 Å². The summed E-state index contributed by atoms with van der Waals surface area (Å²) in [6, 6.07) is 6.95. The fraction of sp³-hybridized carbons (Fsp3) is 0.167. The quantitative estimate of drug-likeness (QED) is 0.937. The van der Waals surface area contributed by atoms with E-state index in [0.717, 1.165) is 5.01 Å². The molecule has 100 valence electrons. The first-order valence-corrected chi connectivity index (χ1v) is 6.55. The van der Waals surface area contributed by atoms with Gasteiger partial charge in [-0.2, -0.15) is 0 Å². The number of carbonyl (C=O) groups is 1. The van der Waals surface area contributed by atoms with Crippen LogP contribution in [0.2, 0.25) is 4.34 Å². The van der Waals surface area contributed by atoms with Gasteiger partial charge >= 0.3 is 6.09 Å². The summed E-state index contributed by atoms with van der Waals surface area (Å²) in [6.07, 6.45) is 1.08. The van der Waals surface area contributed by atoms with Crippen LogP contribution in [0, 0.1) is 0 Å². The SMILES string of the molecule is COC(=O)Nc1ccc(OCc2ncc(Cl)s2)cc1. The lowest BCUT2D eigenvalue weighted by Gasteiger charge is -2.06. The van der Waals surface area contributed by atoms with Gasteiger partial charge in [0.1, 0.15) is 21.7 Å². The van der Waals surface area contributed by atoms with E-state index in [1.54, 1.807) is 30.5 Å². The Kier molecular flexibility index (Phi) is 4.59. The maximum atomic E-state index is 11.0. The monoisotopic (exact) mass is 298 g/mol. The first-order valence-electron chi connectivity index (χ1n) is 5.35. The van der Waals surface area contributed by atoms with Crippen LogP contribution >= 0.6 is 22.9 Å². The Balaban J connectivity index is 1.89. The molecular weight excluding hydrogens is 288 g/mol. The van der Waals surface area contributed by atoms with Crippen LogP contribution in [0.4, 0.5) is 10.5 Å². The molecule has 19 heavy (non-hydrogen) atoms. The van der Waals surface area contributed by atoms with Gasteiger partial charge in [0.15, 0.2) is 0 Å². The number of anilines is 1. The number of benzene rings is 1. The predicted octanol–water partition coefficient (Wildman–Crippen LogP) is 3.55. The van der Waals surface area contributed by atoms with Crippen LogP contribution in [0.15, 0.2) is 30.5 Å². The fourth-order valence-electron chi connectivity index (χ4n) is 1.30.